The maximum Gasteiger partial charge on any atom is 0.420 e. The third-order valence-corrected chi connectivity index (χ3v) is 2.66. The van der Waals surface area contributed by atoms with Crippen molar-refractivity contribution in [2.75, 3.05) is 14.1 Å². The monoisotopic (exact) mass is 254 g/mol. The first-order chi connectivity index (χ1) is 7.99. The molecule has 90 valence electrons. The summed E-state index contributed by atoms with van der Waals surface area (Å²) in [4.78, 5) is 24.6. The number of hydrogen-bond acceptors (Lipinski definition) is 3. The van der Waals surface area contributed by atoms with Gasteiger partial charge in [0.25, 0.3) is 0 Å². The van der Waals surface area contributed by atoms with Gasteiger partial charge in [-0.2, -0.15) is 0 Å². The molecule has 0 saturated carbocycles. The Morgan fingerprint density at radius 3 is 2.82 bits per heavy atom. The van der Waals surface area contributed by atoms with Crippen LogP contribution in [0.4, 0.5) is 0 Å². The molecule has 0 fully saturated rings. The van der Waals surface area contributed by atoms with Gasteiger partial charge in [0.15, 0.2) is 5.58 Å². The van der Waals surface area contributed by atoms with Crippen molar-refractivity contribution in [3.8, 4) is 0 Å². The lowest BCUT2D eigenvalue weighted by molar-refractivity contribution is -0.129. The summed E-state index contributed by atoms with van der Waals surface area (Å²) in [5.74, 6) is -0.734. The van der Waals surface area contributed by atoms with Gasteiger partial charge in [0.05, 0.1) is 5.52 Å². The first-order valence-corrected chi connectivity index (χ1v) is 5.36. The normalized spacial score (nSPS) is 10.8. The Balaban J connectivity index is 2.50. The predicted molar refractivity (Wildman–Crippen MR) is 64.2 cm³/mol. The Labute approximate surface area is 102 Å². The van der Waals surface area contributed by atoms with E-state index in [2.05, 4.69) is 0 Å². The topological polar surface area (TPSA) is 55.5 Å². The van der Waals surface area contributed by atoms with Gasteiger partial charge in [-0.05, 0) is 12.1 Å². The number of benzene rings is 1. The molecule has 0 unspecified atom stereocenters. The number of fused-ring (bicyclic) bond motifs is 1. The van der Waals surface area contributed by atoms with Crippen LogP contribution >= 0.6 is 11.6 Å². The second kappa shape index (κ2) is 4.25. The molecule has 0 saturated heterocycles. The first-order valence-electron chi connectivity index (χ1n) is 4.98. The Bertz CT molecular complexity index is 627. The zero-order valence-corrected chi connectivity index (χ0v) is 10.2. The molecule has 1 amide bonds. The van der Waals surface area contributed by atoms with Crippen molar-refractivity contribution in [3.05, 3.63) is 33.8 Å². The SMILES string of the molecule is CN(C)C(=O)Cn1c(=O)oc2cc(Cl)ccc21. The molecule has 6 heteroatoms. The minimum absolute atomic E-state index is 0.0412. The number of hydrogen-bond donors (Lipinski definition) is 0. The summed E-state index contributed by atoms with van der Waals surface area (Å²) in [6.07, 6.45) is 0. The Morgan fingerprint density at radius 2 is 2.18 bits per heavy atom. The Kier molecular flexibility index (Phi) is 2.93. The molecule has 2 aromatic rings. The second-order valence-corrected chi connectivity index (χ2v) is 4.29. The molecule has 0 N–H and O–H groups in total. The highest BCUT2D eigenvalue weighted by molar-refractivity contribution is 6.31. The number of rotatable bonds is 2. The molecule has 0 spiro atoms. The van der Waals surface area contributed by atoms with E-state index in [9.17, 15) is 9.59 Å². The summed E-state index contributed by atoms with van der Waals surface area (Å²) in [5, 5.41) is 0.484. The fourth-order valence-electron chi connectivity index (χ4n) is 1.47. The van der Waals surface area contributed by atoms with Crippen LogP contribution in [0.1, 0.15) is 0 Å². The zero-order valence-electron chi connectivity index (χ0n) is 9.44. The molecule has 17 heavy (non-hydrogen) atoms. The summed E-state index contributed by atoms with van der Waals surface area (Å²) < 4.78 is 6.30. The maximum atomic E-state index is 11.6. The van der Waals surface area contributed by atoms with Gasteiger partial charge in [-0.25, -0.2) is 4.79 Å². The largest absolute Gasteiger partial charge is 0.420 e. The molecular formula is C11H11ClN2O3. The minimum Gasteiger partial charge on any atom is -0.408 e. The highest BCUT2D eigenvalue weighted by atomic mass is 35.5. The molecule has 1 heterocycles. The van der Waals surface area contributed by atoms with Crippen molar-refractivity contribution in [3.63, 3.8) is 0 Å². The van der Waals surface area contributed by atoms with Crippen molar-refractivity contribution >= 4 is 28.6 Å². The summed E-state index contributed by atoms with van der Waals surface area (Å²) >= 11 is 5.79. The predicted octanol–water partition coefficient (Wildman–Crippen LogP) is 1.34. The van der Waals surface area contributed by atoms with E-state index < -0.39 is 5.76 Å². The van der Waals surface area contributed by atoms with E-state index in [4.69, 9.17) is 16.0 Å². The van der Waals surface area contributed by atoms with Crippen LogP contribution in [-0.4, -0.2) is 29.5 Å². The van der Waals surface area contributed by atoms with Crippen LogP contribution in [0, 0.1) is 0 Å². The number of halogens is 1. The van der Waals surface area contributed by atoms with Crippen LogP contribution in [0.3, 0.4) is 0 Å². The molecule has 0 bridgehead atoms. The van der Waals surface area contributed by atoms with Crippen molar-refractivity contribution < 1.29 is 9.21 Å². The van der Waals surface area contributed by atoms with E-state index in [1.165, 1.54) is 9.47 Å². The van der Waals surface area contributed by atoms with Crippen LogP contribution in [0.15, 0.2) is 27.4 Å². The van der Waals surface area contributed by atoms with E-state index in [0.29, 0.717) is 16.1 Å². The van der Waals surface area contributed by atoms with Crippen molar-refractivity contribution in [2.45, 2.75) is 6.54 Å². The minimum atomic E-state index is -0.558. The van der Waals surface area contributed by atoms with E-state index in [-0.39, 0.29) is 12.5 Å². The smallest absolute Gasteiger partial charge is 0.408 e. The summed E-state index contributed by atoms with van der Waals surface area (Å²) in [5.41, 5.74) is 0.948. The number of amides is 1. The molecule has 1 aromatic heterocycles. The maximum absolute atomic E-state index is 11.6. The molecule has 0 aliphatic heterocycles. The van der Waals surface area contributed by atoms with E-state index in [1.54, 1.807) is 32.3 Å². The number of likely N-dealkylation sites (N-methyl/N-ethyl adjacent to an activating group) is 1. The van der Waals surface area contributed by atoms with Gasteiger partial charge in [-0.1, -0.05) is 11.6 Å². The summed E-state index contributed by atoms with van der Waals surface area (Å²) in [6.45, 7) is -0.0412. The number of carbonyl (C=O) groups is 1. The lowest BCUT2D eigenvalue weighted by Gasteiger charge is -2.09. The van der Waals surface area contributed by atoms with Gasteiger partial charge in [0.1, 0.15) is 6.54 Å². The second-order valence-electron chi connectivity index (χ2n) is 3.85. The van der Waals surface area contributed by atoms with Gasteiger partial charge in [-0.3, -0.25) is 9.36 Å². The molecular weight excluding hydrogens is 244 g/mol. The van der Waals surface area contributed by atoms with Gasteiger partial charge >= 0.3 is 5.76 Å². The quantitative estimate of drug-likeness (QED) is 0.813. The van der Waals surface area contributed by atoms with Crippen LogP contribution in [0.25, 0.3) is 11.1 Å². The number of carbonyl (C=O) groups excluding carboxylic acids is 1. The highest BCUT2D eigenvalue weighted by Gasteiger charge is 2.13. The lowest BCUT2D eigenvalue weighted by Crippen LogP contribution is -2.29. The standard InChI is InChI=1S/C11H11ClN2O3/c1-13(2)10(15)6-14-8-4-3-7(12)5-9(8)17-11(14)16/h3-5H,6H2,1-2H3. The van der Waals surface area contributed by atoms with Crippen molar-refractivity contribution in [1.29, 1.82) is 0 Å². The highest BCUT2D eigenvalue weighted by Crippen LogP contribution is 2.18. The fourth-order valence-corrected chi connectivity index (χ4v) is 1.63. The Hall–Kier alpha value is -1.75. The summed E-state index contributed by atoms with van der Waals surface area (Å²) in [6, 6.07) is 4.86. The summed E-state index contributed by atoms with van der Waals surface area (Å²) in [7, 11) is 3.26. The Morgan fingerprint density at radius 1 is 1.47 bits per heavy atom. The average molecular weight is 255 g/mol. The van der Waals surface area contributed by atoms with Gasteiger partial charge in [0.2, 0.25) is 5.91 Å². The number of nitrogens with zero attached hydrogens (tertiary/aromatic N) is 2. The van der Waals surface area contributed by atoms with Crippen LogP contribution in [0.5, 0.6) is 0 Å². The molecule has 0 aliphatic rings. The van der Waals surface area contributed by atoms with Gasteiger partial charge < -0.3 is 9.32 Å². The average Bonchev–Trinajstić information content (AvgIpc) is 2.54. The first kappa shape index (κ1) is 11.7. The number of oxazole rings is 1. The molecule has 5 nitrogen and oxygen atoms in total. The molecule has 0 aliphatic carbocycles. The molecule has 0 atom stereocenters. The van der Waals surface area contributed by atoms with Gasteiger partial charge in [0, 0.05) is 25.2 Å². The van der Waals surface area contributed by atoms with Crippen molar-refractivity contribution in [1.82, 2.24) is 9.47 Å². The van der Waals surface area contributed by atoms with Crippen molar-refractivity contribution in [2.24, 2.45) is 0 Å². The lowest BCUT2D eigenvalue weighted by atomic mass is 10.3. The molecule has 1 aromatic carbocycles. The molecule has 0 radical (unpaired) electrons. The fraction of sp³-hybridized carbons (Fsp3) is 0.273. The van der Waals surface area contributed by atoms with Crippen LogP contribution in [-0.2, 0) is 11.3 Å². The zero-order chi connectivity index (χ0) is 12.6. The molecule has 2 rings (SSSR count). The number of aromatic nitrogens is 1. The van der Waals surface area contributed by atoms with Gasteiger partial charge in [-0.15, -0.1) is 0 Å². The van der Waals surface area contributed by atoms with Crippen LogP contribution < -0.4 is 5.76 Å². The third-order valence-electron chi connectivity index (χ3n) is 2.42. The third kappa shape index (κ3) is 2.19. The van der Waals surface area contributed by atoms with E-state index in [1.807, 2.05) is 0 Å². The van der Waals surface area contributed by atoms with Crippen LogP contribution in [0.2, 0.25) is 5.02 Å². The van der Waals surface area contributed by atoms with E-state index >= 15 is 0 Å². The van der Waals surface area contributed by atoms with E-state index in [0.717, 1.165) is 0 Å².